The van der Waals surface area contributed by atoms with Crippen LogP contribution in [0.4, 0.5) is 26.1 Å². The lowest BCUT2D eigenvalue weighted by atomic mass is 9.94. The summed E-state index contributed by atoms with van der Waals surface area (Å²) in [5.74, 6) is 0.921. The van der Waals surface area contributed by atoms with Crippen LogP contribution in [0.5, 0.6) is 0 Å². The zero-order valence-corrected chi connectivity index (χ0v) is 23.2. The summed E-state index contributed by atoms with van der Waals surface area (Å²) in [6.07, 6.45) is 9.05. The van der Waals surface area contributed by atoms with Gasteiger partial charge in [0.15, 0.2) is 5.82 Å². The number of rotatable bonds is 6. The van der Waals surface area contributed by atoms with Crippen LogP contribution in [0.25, 0.3) is 22.3 Å². The number of piperazine rings is 1. The molecule has 0 unspecified atom stereocenters. The van der Waals surface area contributed by atoms with Crippen molar-refractivity contribution in [2.75, 3.05) is 49.5 Å². The van der Waals surface area contributed by atoms with Crippen molar-refractivity contribution < 1.29 is 13.6 Å². The molecule has 3 fully saturated rings. The van der Waals surface area contributed by atoms with Gasteiger partial charge in [0, 0.05) is 68.5 Å². The van der Waals surface area contributed by atoms with E-state index in [9.17, 15) is 13.6 Å². The van der Waals surface area contributed by atoms with Gasteiger partial charge in [0.05, 0.1) is 11.7 Å². The van der Waals surface area contributed by atoms with E-state index in [4.69, 9.17) is 9.97 Å². The van der Waals surface area contributed by atoms with Gasteiger partial charge in [0.2, 0.25) is 5.91 Å². The highest BCUT2D eigenvalue weighted by Gasteiger charge is 2.33. The number of halogens is 2. The number of nitrogens with one attached hydrogen (secondary N) is 2. The Labute approximate surface area is 242 Å². The van der Waals surface area contributed by atoms with Crippen molar-refractivity contribution >= 4 is 34.1 Å². The summed E-state index contributed by atoms with van der Waals surface area (Å²) in [4.78, 5) is 36.2. The average Bonchev–Trinajstić information content (AvgIpc) is 3.88. The maximum absolute atomic E-state index is 14.3. The molecule has 0 bridgehead atoms. The highest BCUT2D eigenvalue weighted by molar-refractivity contribution is 5.94. The number of hydrogen-bond acceptors (Lipinski definition) is 8. The van der Waals surface area contributed by atoms with Crippen LogP contribution < -0.4 is 15.5 Å². The fourth-order valence-electron chi connectivity index (χ4n) is 6.02. The van der Waals surface area contributed by atoms with E-state index in [0.717, 1.165) is 81.7 Å². The number of carbonyl (C=O) groups excluding carboxylic acids is 1. The molecule has 7 rings (SSSR count). The second-order valence-corrected chi connectivity index (χ2v) is 11.3. The van der Waals surface area contributed by atoms with Gasteiger partial charge in [-0.3, -0.25) is 9.78 Å². The number of para-hydroxylation sites is 1. The maximum Gasteiger partial charge on any atom is 0.225 e. The van der Waals surface area contributed by atoms with Gasteiger partial charge in [0.1, 0.15) is 29.0 Å². The quantitative estimate of drug-likeness (QED) is 0.346. The molecule has 2 aliphatic heterocycles. The van der Waals surface area contributed by atoms with Crippen molar-refractivity contribution in [1.82, 2.24) is 30.2 Å². The van der Waals surface area contributed by atoms with E-state index in [0.29, 0.717) is 17.3 Å². The van der Waals surface area contributed by atoms with E-state index in [-0.39, 0.29) is 23.3 Å². The number of aromatic nitrogens is 4. The summed E-state index contributed by atoms with van der Waals surface area (Å²) in [5.41, 5.74) is 2.32. The molecule has 0 spiro atoms. The topological polar surface area (TPSA) is 99.2 Å². The Morgan fingerprint density at radius 3 is 2.45 bits per heavy atom. The molecule has 42 heavy (non-hydrogen) atoms. The number of fused-ring (bicyclic) bond motifs is 1. The maximum atomic E-state index is 14.3. The fourth-order valence-corrected chi connectivity index (χ4v) is 6.02. The lowest BCUT2D eigenvalue weighted by Crippen LogP contribution is -2.50. The summed E-state index contributed by atoms with van der Waals surface area (Å²) in [6, 6.07) is 7.17. The first-order chi connectivity index (χ1) is 20.5. The van der Waals surface area contributed by atoms with Gasteiger partial charge in [0.25, 0.3) is 0 Å². The lowest BCUT2D eigenvalue weighted by Gasteiger charge is -2.36. The van der Waals surface area contributed by atoms with Gasteiger partial charge in [-0.2, -0.15) is 0 Å². The molecule has 1 saturated carbocycles. The van der Waals surface area contributed by atoms with Gasteiger partial charge in [-0.1, -0.05) is 6.07 Å². The number of piperidine rings is 1. The van der Waals surface area contributed by atoms with Crippen molar-refractivity contribution in [1.29, 1.82) is 0 Å². The van der Waals surface area contributed by atoms with Crippen molar-refractivity contribution in [3.63, 3.8) is 0 Å². The number of carbonyl (C=O) groups is 1. The molecule has 0 atom stereocenters. The minimum Gasteiger partial charge on any atom is -0.356 e. The van der Waals surface area contributed by atoms with Crippen LogP contribution in [-0.2, 0) is 4.79 Å². The van der Waals surface area contributed by atoms with Crippen LogP contribution in [0.1, 0.15) is 37.2 Å². The van der Waals surface area contributed by atoms with E-state index in [1.807, 2.05) is 11.1 Å². The first-order valence-corrected chi connectivity index (χ1v) is 14.6. The van der Waals surface area contributed by atoms with Crippen LogP contribution >= 0.6 is 0 Å². The molecule has 9 nitrogen and oxygen atoms in total. The fraction of sp³-hybridized carbons (Fsp3) is 0.387. The van der Waals surface area contributed by atoms with E-state index in [1.54, 1.807) is 24.5 Å². The molecule has 2 N–H and O–H groups in total. The average molecular weight is 571 g/mol. The smallest absolute Gasteiger partial charge is 0.225 e. The normalized spacial score (nSPS) is 18.0. The van der Waals surface area contributed by atoms with E-state index in [1.165, 1.54) is 23.8 Å². The van der Waals surface area contributed by atoms with E-state index >= 15 is 0 Å². The minimum atomic E-state index is -0.705. The molecule has 3 aliphatic rings. The summed E-state index contributed by atoms with van der Waals surface area (Å²) < 4.78 is 28.6. The molecule has 1 amide bonds. The van der Waals surface area contributed by atoms with Gasteiger partial charge < -0.3 is 20.4 Å². The zero-order chi connectivity index (χ0) is 28.6. The SMILES string of the molecule is O=C(C1CCN(c2nc(-c3ccnc(Nc4c(F)cccc4F)c3)nc3cncc(C4CC4)c23)CC1)N1CCNCC1. The van der Waals surface area contributed by atoms with Gasteiger partial charge >= 0.3 is 0 Å². The lowest BCUT2D eigenvalue weighted by molar-refractivity contribution is -0.136. The molecule has 11 heteroatoms. The van der Waals surface area contributed by atoms with Crippen LogP contribution in [0, 0.1) is 17.6 Å². The Kier molecular flexibility index (Phi) is 7.10. The predicted molar refractivity (Wildman–Crippen MR) is 157 cm³/mol. The molecule has 1 aromatic carbocycles. The number of pyridine rings is 2. The third-order valence-electron chi connectivity index (χ3n) is 8.44. The van der Waals surface area contributed by atoms with Gasteiger partial charge in [-0.25, -0.2) is 23.7 Å². The number of hydrogen-bond donors (Lipinski definition) is 2. The van der Waals surface area contributed by atoms with Crippen LogP contribution in [0.15, 0.2) is 48.9 Å². The Morgan fingerprint density at radius 2 is 1.71 bits per heavy atom. The number of amides is 1. The Balaban J connectivity index is 1.21. The zero-order valence-electron chi connectivity index (χ0n) is 23.2. The monoisotopic (exact) mass is 570 g/mol. The second kappa shape index (κ2) is 11.2. The Morgan fingerprint density at radius 1 is 0.952 bits per heavy atom. The molecule has 2 saturated heterocycles. The largest absolute Gasteiger partial charge is 0.356 e. The van der Waals surface area contributed by atoms with Crippen LogP contribution in [0.2, 0.25) is 0 Å². The number of anilines is 3. The molecule has 1 aliphatic carbocycles. The first-order valence-electron chi connectivity index (χ1n) is 14.6. The first kappa shape index (κ1) is 26.6. The summed E-state index contributed by atoms with van der Waals surface area (Å²) >= 11 is 0. The molecular formula is C31H32F2N8O. The molecule has 4 aromatic rings. The number of nitrogens with zero attached hydrogens (tertiary/aromatic N) is 6. The van der Waals surface area contributed by atoms with Crippen molar-refractivity contribution in [2.24, 2.45) is 5.92 Å². The van der Waals surface area contributed by atoms with E-state index < -0.39 is 11.6 Å². The van der Waals surface area contributed by atoms with Crippen molar-refractivity contribution in [3.8, 4) is 11.4 Å². The third kappa shape index (κ3) is 5.24. The Bertz CT molecular complexity index is 1610. The number of benzene rings is 1. The van der Waals surface area contributed by atoms with Crippen LogP contribution in [-0.4, -0.2) is 70.0 Å². The van der Waals surface area contributed by atoms with Crippen molar-refractivity contribution in [3.05, 3.63) is 66.1 Å². The standard InChI is InChI=1S/C31H32F2N8O/c32-23-2-1-3-24(33)28(23)38-26-16-21(6-9-36-26)29-37-25-18-35-17-22(19-4-5-19)27(25)30(39-29)40-12-7-20(8-13-40)31(42)41-14-10-34-11-15-41/h1-3,6,9,16-20,34H,4-5,7-8,10-15H2,(H,36,38). The Hall–Kier alpha value is -4.25. The van der Waals surface area contributed by atoms with Gasteiger partial charge in [-0.05, 0) is 61.4 Å². The second-order valence-electron chi connectivity index (χ2n) is 11.3. The molecule has 216 valence electrons. The molecule has 5 heterocycles. The molecular weight excluding hydrogens is 538 g/mol. The third-order valence-corrected chi connectivity index (χ3v) is 8.44. The predicted octanol–water partition coefficient (Wildman–Crippen LogP) is 4.63. The summed E-state index contributed by atoms with van der Waals surface area (Å²) in [6.45, 7) is 4.66. The highest BCUT2D eigenvalue weighted by atomic mass is 19.1. The van der Waals surface area contributed by atoms with Crippen molar-refractivity contribution in [2.45, 2.75) is 31.6 Å². The summed E-state index contributed by atoms with van der Waals surface area (Å²) in [5, 5.41) is 7.09. The summed E-state index contributed by atoms with van der Waals surface area (Å²) in [7, 11) is 0. The van der Waals surface area contributed by atoms with E-state index in [2.05, 4.69) is 25.5 Å². The molecule has 3 aromatic heterocycles. The van der Waals surface area contributed by atoms with Crippen LogP contribution in [0.3, 0.4) is 0 Å². The highest BCUT2D eigenvalue weighted by Crippen LogP contribution is 2.45. The van der Waals surface area contributed by atoms with Gasteiger partial charge in [-0.15, -0.1) is 0 Å². The molecule has 0 radical (unpaired) electrons. The minimum absolute atomic E-state index is 0.0177.